The van der Waals surface area contributed by atoms with Crippen molar-refractivity contribution in [3.05, 3.63) is 29.8 Å². The Hall–Kier alpha value is -2.15. The zero-order valence-electron chi connectivity index (χ0n) is 12.9. The summed E-state index contributed by atoms with van der Waals surface area (Å²) in [6, 6.07) is 0. The summed E-state index contributed by atoms with van der Waals surface area (Å²) >= 11 is 0. The minimum absolute atomic E-state index is 0.326. The molecule has 0 bridgehead atoms. The summed E-state index contributed by atoms with van der Waals surface area (Å²) in [5, 5.41) is 0. The Morgan fingerprint density at radius 3 is 2.64 bits per heavy atom. The fourth-order valence-corrected chi connectivity index (χ4v) is 2.11. The molecule has 0 N–H and O–H groups in total. The van der Waals surface area contributed by atoms with Gasteiger partial charge in [-0.1, -0.05) is 0 Å². The Bertz CT molecular complexity index is 510. The molecule has 0 aliphatic carbocycles. The number of morpholine rings is 1. The first kappa shape index (κ1) is 16.2. The van der Waals surface area contributed by atoms with E-state index in [1.54, 1.807) is 19.3 Å². The van der Waals surface area contributed by atoms with Gasteiger partial charge < -0.3 is 19.1 Å². The van der Waals surface area contributed by atoms with Gasteiger partial charge in [0.2, 0.25) is 5.95 Å². The van der Waals surface area contributed by atoms with Crippen LogP contribution in [0.3, 0.4) is 0 Å². The molecule has 2 rings (SSSR count). The van der Waals surface area contributed by atoms with Gasteiger partial charge in [-0.25, -0.2) is 14.8 Å². The molecule has 1 aliphatic heterocycles. The van der Waals surface area contributed by atoms with Crippen LogP contribution in [0.5, 0.6) is 0 Å². The summed E-state index contributed by atoms with van der Waals surface area (Å²) in [6.45, 7) is 5.05. The number of methoxy groups -OCH3 is 1. The zero-order valence-corrected chi connectivity index (χ0v) is 12.9. The quantitative estimate of drug-likeness (QED) is 0.440. The number of carbonyl (C=O) groups is 1. The largest absolute Gasteiger partial charge is 0.504 e. The summed E-state index contributed by atoms with van der Waals surface area (Å²) in [5.74, 6) is 0.294. The molecule has 1 aromatic heterocycles. The maximum atomic E-state index is 11.8. The molecule has 120 valence electrons. The van der Waals surface area contributed by atoms with Crippen molar-refractivity contribution in [2.45, 2.75) is 13.3 Å². The topological polar surface area (TPSA) is 73.8 Å². The van der Waals surface area contributed by atoms with Crippen molar-refractivity contribution in [2.24, 2.45) is 0 Å². The van der Waals surface area contributed by atoms with Crippen molar-refractivity contribution in [3.8, 4) is 0 Å². The van der Waals surface area contributed by atoms with Crippen LogP contribution in [0, 0.1) is 0 Å². The van der Waals surface area contributed by atoms with Crippen LogP contribution in [0.2, 0.25) is 0 Å². The molecule has 0 amide bonds. The van der Waals surface area contributed by atoms with Crippen LogP contribution in [0.15, 0.2) is 24.2 Å². The molecule has 0 radical (unpaired) electrons. The molecule has 0 unspecified atom stereocenters. The van der Waals surface area contributed by atoms with Crippen molar-refractivity contribution in [2.75, 3.05) is 44.9 Å². The van der Waals surface area contributed by atoms with Crippen LogP contribution in [0.4, 0.5) is 5.95 Å². The summed E-state index contributed by atoms with van der Waals surface area (Å²) < 4.78 is 15.2. The first-order chi connectivity index (χ1) is 10.7. The predicted octanol–water partition coefficient (Wildman–Crippen LogP) is 0.949. The lowest BCUT2D eigenvalue weighted by Crippen LogP contribution is -2.37. The lowest BCUT2D eigenvalue weighted by Gasteiger charge is -2.26. The molecule has 1 saturated heterocycles. The summed E-state index contributed by atoms with van der Waals surface area (Å²) in [4.78, 5) is 22.6. The maximum Gasteiger partial charge on any atom is 0.337 e. The van der Waals surface area contributed by atoms with Gasteiger partial charge in [-0.15, -0.1) is 0 Å². The van der Waals surface area contributed by atoms with Crippen molar-refractivity contribution in [1.29, 1.82) is 0 Å². The molecule has 0 aromatic carbocycles. The second-order valence-electron chi connectivity index (χ2n) is 4.77. The van der Waals surface area contributed by atoms with Gasteiger partial charge >= 0.3 is 5.97 Å². The van der Waals surface area contributed by atoms with E-state index in [9.17, 15) is 4.79 Å². The van der Waals surface area contributed by atoms with Crippen LogP contribution in [0.1, 0.15) is 12.5 Å². The molecule has 1 aromatic rings. The average molecular weight is 307 g/mol. The summed E-state index contributed by atoms with van der Waals surface area (Å²) in [6.07, 6.45) is 5.21. The van der Waals surface area contributed by atoms with E-state index in [4.69, 9.17) is 14.2 Å². The number of carbonyl (C=O) groups excluding carboxylic acids is 1. The van der Waals surface area contributed by atoms with E-state index < -0.39 is 0 Å². The van der Waals surface area contributed by atoms with Gasteiger partial charge in [0.05, 0.1) is 38.8 Å². The van der Waals surface area contributed by atoms with E-state index in [0.717, 1.165) is 18.7 Å². The highest BCUT2D eigenvalue weighted by atomic mass is 16.5. The third-order valence-corrected chi connectivity index (χ3v) is 3.18. The van der Waals surface area contributed by atoms with E-state index in [1.807, 2.05) is 0 Å². The van der Waals surface area contributed by atoms with E-state index in [-0.39, 0.29) is 5.97 Å². The molecule has 0 atom stereocenters. The number of ether oxygens (including phenoxy) is 3. The molecule has 0 spiro atoms. The second kappa shape index (κ2) is 8.33. The Morgan fingerprint density at radius 2 is 2.05 bits per heavy atom. The van der Waals surface area contributed by atoms with Crippen LogP contribution in [0.25, 0.3) is 0 Å². The minimum atomic E-state index is -0.387. The third-order valence-electron chi connectivity index (χ3n) is 3.18. The van der Waals surface area contributed by atoms with Gasteiger partial charge in [0, 0.05) is 31.9 Å². The van der Waals surface area contributed by atoms with Crippen molar-refractivity contribution in [3.63, 3.8) is 0 Å². The molecular weight excluding hydrogens is 286 g/mol. The highest BCUT2D eigenvalue weighted by Crippen LogP contribution is 2.13. The molecule has 1 fully saturated rings. The number of hydrogen-bond donors (Lipinski definition) is 0. The maximum absolute atomic E-state index is 11.8. The normalized spacial score (nSPS) is 15.5. The van der Waals surface area contributed by atoms with Gasteiger partial charge in [0.15, 0.2) is 0 Å². The fraction of sp³-hybridized carbons (Fsp3) is 0.533. The minimum Gasteiger partial charge on any atom is -0.504 e. The Kier molecular flexibility index (Phi) is 6.14. The average Bonchev–Trinajstić information content (AvgIpc) is 2.56. The monoisotopic (exact) mass is 307 g/mol. The van der Waals surface area contributed by atoms with Crippen LogP contribution in [-0.4, -0.2) is 56.0 Å². The van der Waals surface area contributed by atoms with E-state index in [2.05, 4.69) is 14.9 Å². The van der Waals surface area contributed by atoms with Crippen LogP contribution in [-0.2, 0) is 25.4 Å². The van der Waals surface area contributed by atoms with E-state index in [1.165, 1.54) is 13.4 Å². The lowest BCUT2D eigenvalue weighted by molar-refractivity contribution is -0.138. The van der Waals surface area contributed by atoms with E-state index in [0.29, 0.717) is 37.8 Å². The Labute approximate surface area is 129 Å². The van der Waals surface area contributed by atoms with Crippen molar-refractivity contribution < 1.29 is 19.0 Å². The lowest BCUT2D eigenvalue weighted by atomic mass is 10.1. The molecular formula is C15H21N3O4. The van der Waals surface area contributed by atoms with Gasteiger partial charge in [0.1, 0.15) is 0 Å². The van der Waals surface area contributed by atoms with Gasteiger partial charge in [0.25, 0.3) is 0 Å². The molecule has 0 saturated carbocycles. The standard InChI is InChI=1S/C15H21N3O4/c1-3-22-14(19)13(11-20-2)8-12-9-16-15(17-10-12)18-4-6-21-7-5-18/h9-11H,3-8H2,1-2H3. The van der Waals surface area contributed by atoms with Gasteiger partial charge in [-0.2, -0.15) is 0 Å². The molecule has 1 aliphatic rings. The number of aromatic nitrogens is 2. The number of esters is 1. The number of hydrogen-bond acceptors (Lipinski definition) is 7. The fourth-order valence-electron chi connectivity index (χ4n) is 2.11. The molecule has 22 heavy (non-hydrogen) atoms. The molecule has 7 heteroatoms. The smallest absolute Gasteiger partial charge is 0.337 e. The van der Waals surface area contributed by atoms with Crippen LogP contribution >= 0.6 is 0 Å². The second-order valence-corrected chi connectivity index (χ2v) is 4.77. The Balaban J connectivity index is 2.02. The van der Waals surface area contributed by atoms with Gasteiger partial charge in [-0.3, -0.25) is 0 Å². The van der Waals surface area contributed by atoms with Crippen molar-refractivity contribution >= 4 is 11.9 Å². The van der Waals surface area contributed by atoms with E-state index >= 15 is 0 Å². The number of nitrogens with zero attached hydrogens (tertiary/aromatic N) is 3. The van der Waals surface area contributed by atoms with Crippen LogP contribution < -0.4 is 4.90 Å². The Morgan fingerprint density at radius 1 is 1.36 bits per heavy atom. The zero-order chi connectivity index (χ0) is 15.8. The number of anilines is 1. The first-order valence-corrected chi connectivity index (χ1v) is 7.27. The van der Waals surface area contributed by atoms with Gasteiger partial charge in [-0.05, 0) is 12.5 Å². The number of rotatable bonds is 6. The summed E-state index contributed by atoms with van der Waals surface area (Å²) in [5.41, 5.74) is 1.26. The highest BCUT2D eigenvalue weighted by Gasteiger charge is 2.15. The van der Waals surface area contributed by atoms with Crippen molar-refractivity contribution in [1.82, 2.24) is 9.97 Å². The molecule has 2 heterocycles. The highest BCUT2D eigenvalue weighted by molar-refractivity contribution is 5.88. The third kappa shape index (κ3) is 4.42. The molecule has 7 nitrogen and oxygen atoms in total. The SMILES string of the molecule is CCOC(=O)C(=COC)Cc1cnc(N2CCOCC2)nc1. The predicted molar refractivity (Wildman–Crippen MR) is 80.5 cm³/mol. The first-order valence-electron chi connectivity index (χ1n) is 7.27. The summed E-state index contributed by atoms with van der Waals surface area (Å²) in [7, 11) is 1.50.